The van der Waals surface area contributed by atoms with E-state index >= 15 is 0 Å². The first-order chi connectivity index (χ1) is 12.1. The van der Waals surface area contributed by atoms with Crippen LogP contribution in [0.15, 0.2) is 23.4 Å². The topological polar surface area (TPSA) is 88.2 Å². The van der Waals surface area contributed by atoms with Gasteiger partial charge in [0.1, 0.15) is 5.02 Å². The Kier molecular flexibility index (Phi) is 4.17. The van der Waals surface area contributed by atoms with Gasteiger partial charge in [-0.25, -0.2) is 9.97 Å². The number of carbonyl (C=O) groups excluding carboxylic acids is 1. The summed E-state index contributed by atoms with van der Waals surface area (Å²) in [7, 11) is 0. The van der Waals surface area contributed by atoms with E-state index in [0.717, 1.165) is 0 Å². The SMILES string of the molecule is O=C(c1cnc(OCC2CC2)c(Cl)c1)N1CCc2c(nc[nH]c2=O)C1. The van der Waals surface area contributed by atoms with Crippen molar-refractivity contribution in [2.24, 2.45) is 5.92 Å². The van der Waals surface area contributed by atoms with Crippen LogP contribution < -0.4 is 10.3 Å². The van der Waals surface area contributed by atoms with Crippen LogP contribution in [0.5, 0.6) is 5.88 Å². The number of halogens is 1. The number of pyridine rings is 1. The molecule has 1 aliphatic carbocycles. The molecule has 0 atom stereocenters. The molecule has 7 nitrogen and oxygen atoms in total. The van der Waals surface area contributed by atoms with Gasteiger partial charge in [-0.3, -0.25) is 9.59 Å². The van der Waals surface area contributed by atoms with Crippen LogP contribution in [0.3, 0.4) is 0 Å². The number of amides is 1. The molecule has 130 valence electrons. The van der Waals surface area contributed by atoms with E-state index < -0.39 is 0 Å². The Bertz CT molecular complexity index is 878. The maximum absolute atomic E-state index is 12.7. The van der Waals surface area contributed by atoms with Gasteiger partial charge in [0.2, 0.25) is 5.88 Å². The van der Waals surface area contributed by atoms with E-state index in [0.29, 0.717) is 59.8 Å². The third-order valence-corrected chi connectivity index (χ3v) is 4.78. The molecule has 4 rings (SSSR count). The van der Waals surface area contributed by atoms with Gasteiger partial charge in [0.25, 0.3) is 11.5 Å². The predicted molar refractivity (Wildman–Crippen MR) is 90.8 cm³/mol. The fourth-order valence-electron chi connectivity index (χ4n) is 2.85. The summed E-state index contributed by atoms with van der Waals surface area (Å²) in [4.78, 5) is 37.0. The third-order valence-electron chi connectivity index (χ3n) is 4.51. The Balaban J connectivity index is 1.49. The molecule has 3 heterocycles. The number of hydrogen-bond donors (Lipinski definition) is 1. The van der Waals surface area contributed by atoms with Crippen molar-refractivity contribution in [3.8, 4) is 5.88 Å². The predicted octanol–water partition coefficient (Wildman–Crippen LogP) is 1.81. The average molecular weight is 361 g/mol. The second-order valence-corrected chi connectivity index (χ2v) is 6.81. The molecular weight excluding hydrogens is 344 g/mol. The monoisotopic (exact) mass is 360 g/mol. The molecule has 0 saturated heterocycles. The Morgan fingerprint density at radius 2 is 2.24 bits per heavy atom. The van der Waals surface area contributed by atoms with Crippen LogP contribution >= 0.6 is 11.6 Å². The number of carbonyl (C=O) groups is 1. The fraction of sp³-hybridized carbons (Fsp3) is 0.412. The van der Waals surface area contributed by atoms with Gasteiger partial charge >= 0.3 is 0 Å². The summed E-state index contributed by atoms with van der Waals surface area (Å²) in [5.74, 6) is 0.779. The molecule has 0 aromatic carbocycles. The molecule has 1 saturated carbocycles. The maximum atomic E-state index is 12.7. The van der Waals surface area contributed by atoms with E-state index in [-0.39, 0.29) is 11.5 Å². The van der Waals surface area contributed by atoms with E-state index in [4.69, 9.17) is 16.3 Å². The normalized spacial score (nSPS) is 16.4. The lowest BCUT2D eigenvalue weighted by molar-refractivity contribution is 0.0730. The molecular formula is C17H17ClN4O3. The molecule has 2 aromatic rings. The van der Waals surface area contributed by atoms with Gasteiger partial charge in [-0.1, -0.05) is 11.6 Å². The van der Waals surface area contributed by atoms with Gasteiger partial charge in [-0.2, -0.15) is 0 Å². The zero-order valence-electron chi connectivity index (χ0n) is 13.5. The van der Waals surface area contributed by atoms with E-state index in [9.17, 15) is 9.59 Å². The summed E-state index contributed by atoms with van der Waals surface area (Å²) in [5, 5.41) is 0.332. The number of hydrogen-bond acceptors (Lipinski definition) is 5. The van der Waals surface area contributed by atoms with Crippen molar-refractivity contribution in [3.63, 3.8) is 0 Å². The van der Waals surface area contributed by atoms with E-state index in [1.54, 1.807) is 11.0 Å². The minimum atomic E-state index is -0.184. The van der Waals surface area contributed by atoms with Crippen LogP contribution in [0.4, 0.5) is 0 Å². The number of aromatic amines is 1. The number of aromatic nitrogens is 3. The number of fused-ring (bicyclic) bond motifs is 1. The smallest absolute Gasteiger partial charge is 0.255 e. The fourth-order valence-corrected chi connectivity index (χ4v) is 3.07. The molecule has 0 radical (unpaired) electrons. The number of nitrogens with one attached hydrogen (secondary N) is 1. The van der Waals surface area contributed by atoms with Crippen LogP contribution in [-0.4, -0.2) is 38.9 Å². The Hall–Kier alpha value is -2.41. The molecule has 1 amide bonds. The molecule has 1 N–H and O–H groups in total. The zero-order valence-corrected chi connectivity index (χ0v) is 14.3. The Labute approximate surface area is 149 Å². The van der Waals surface area contributed by atoms with Crippen LogP contribution in [0, 0.1) is 5.92 Å². The summed E-state index contributed by atoms with van der Waals surface area (Å²) in [6.07, 6.45) is 5.69. The van der Waals surface area contributed by atoms with Crippen molar-refractivity contribution in [3.05, 3.63) is 50.8 Å². The number of nitrogens with zero attached hydrogens (tertiary/aromatic N) is 3. The minimum Gasteiger partial charge on any atom is -0.476 e. The first-order valence-corrected chi connectivity index (χ1v) is 8.62. The van der Waals surface area contributed by atoms with Gasteiger partial charge in [0, 0.05) is 18.3 Å². The van der Waals surface area contributed by atoms with Crippen LogP contribution in [0.1, 0.15) is 34.5 Å². The second-order valence-electron chi connectivity index (χ2n) is 6.40. The van der Waals surface area contributed by atoms with Crippen molar-refractivity contribution in [2.75, 3.05) is 13.2 Å². The molecule has 0 spiro atoms. The van der Waals surface area contributed by atoms with Crippen LogP contribution in [0.25, 0.3) is 0 Å². The quantitative estimate of drug-likeness (QED) is 0.898. The van der Waals surface area contributed by atoms with E-state index in [1.807, 2.05) is 0 Å². The Morgan fingerprint density at radius 3 is 3.00 bits per heavy atom. The molecule has 0 bridgehead atoms. The Morgan fingerprint density at radius 1 is 1.40 bits per heavy atom. The first-order valence-electron chi connectivity index (χ1n) is 8.25. The van der Waals surface area contributed by atoms with Crippen molar-refractivity contribution >= 4 is 17.5 Å². The average Bonchev–Trinajstić information content (AvgIpc) is 3.44. The van der Waals surface area contributed by atoms with Gasteiger partial charge in [0.05, 0.1) is 30.7 Å². The van der Waals surface area contributed by atoms with Gasteiger partial charge in [-0.05, 0) is 31.2 Å². The highest BCUT2D eigenvalue weighted by atomic mass is 35.5. The highest BCUT2D eigenvalue weighted by Crippen LogP contribution is 2.31. The highest BCUT2D eigenvalue weighted by Gasteiger charge is 2.26. The number of rotatable bonds is 4. The minimum absolute atomic E-state index is 0.140. The maximum Gasteiger partial charge on any atom is 0.255 e. The molecule has 2 aliphatic rings. The summed E-state index contributed by atoms with van der Waals surface area (Å²) in [5.41, 5.74) is 1.54. The lowest BCUT2D eigenvalue weighted by atomic mass is 10.1. The van der Waals surface area contributed by atoms with Gasteiger partial charge in [-0.15, -0.1) is 0 Å². The number of H-pyrrole nitrogens is 1. The van der Waals surface area contributed by atoms with Gasteiger partial charge < -0.3 is 14.6 Å². The molecule has 1 aliphatic heterocycles. The molecule has 0 unspecified atom stereocenters. The van der Waals surface area contributed by atoms with Gasteiger partial charge in [0.15, 0.2) is 0 Å². The zero-order chi connectivity index (χ0) is 17.4. The van der Waals surface area contributed by atoms with Crippen molar-refractivity contribution < 1.29 is 9.53 Å². The van der Waals surface area contributed by atoms with Crippen LogP contribution in [-0.2, 0) is 13.0 Å². The largest absolute Gasteiger partial charge is 0.476 e. The lowest BCUT2D eigenvalue weighted by Crippen LogP contribution is -2.39. The second kappa shape index (κ2) is 6.48. The third kappa shape index (κ3) is 3.37. The van der Waals surface area contributed by atoms with Crippen molar-refractivity contribution in [1.82, 2.24) is 19.9 Å². The molecule has 2 aromatic heterocycles. The van der Waals surface area contributed by atoms with Crippen molar-refractivity contribution in [1.29, 1.82) is 0 Å². The van der Waals surface area contributed by atoms with Crippen molar-refractivity contribution in [2.45, 2.75) is 25.8 Å². The molecule has 8 heteroatoms. The molecule has 25 heavy (non-hydrogen) atoms. The number of ether oxygens (including phenoxy) is 1. The summed E-state index contributed by atoms with van der Waals surface area (Å²) < 4.78 is 5.58. The van der Waals surface area contributed by atoms with E-state index in [1.165, 1.54) is 25.4 Å². The first kappa shape index (κ1) is 16.1. The summed E-state index contributed by atoms with van der Waals surface area (Å²) in [6, 6.07) is 1.58. The van der Waals surface area contributed by atoms with E-state index in [2.05, 4.69) is 15.0 Å². The summed E-state index contributed by atoms with van der Waals surface area (Å²) in [6.45, 7) is 1.37. The van der Waals surface area contributed by atoms with Crippen LogP contribution in [0.2, 0.25) is 5.02 Å². The molecule has 1 fully saturated rings. The summed E-state index contributed by atoms with van der Waals surface area (Å²) >= 11 is 6.20. The highest BCUT2D eigenvalue weighted by molar-refractivity contribution is 6.32. The lowest BCUT2D eigenvalue weighted by Gasteiger charge is -2.27. The standard InChI is InChI=1S/C17H17ClN4O3/c18-13-5-11(6-19-16(13)25-8-10-1-2-10)17(24)22-4-3-12-14(7-22)20-9-21-15(12)23/h5-6,9-10H,1-4,7-8H2,(H,20,21,23).